The molecule has 2 N–H and O–H groups in total. The molecular weight excluding hydrogens is 240 g/mol. The fourth-order valence-corrected chi connectivity index (χ4v) is 2.66. The number of anilines is 1. The summed E-state index contributed by atoms with van der Waals surface area (Å²) in [5, 5.41) is 3.97. The molecule has 1 atom stereocenters. The Morgan fingerprint density at radius 1 is 1.42 bits per heavy atom. The zero-order valence-electron chi connectivity index (χ0n) is 11.0. The zero-order chi connectivity index (χ0) is 13.2. The molecule has 1 aromatic heterocycles. The number of rotatable bonds is 3. The van der Waals surface area contributed by atoms with Crippen molar-refractivity contribution in [3.8, 4) is 0 Å². The summed E-state index contributed by atoms with van der Waals surface area (Å²) in [7, 11) is 0. The van der Waals surface area contributed by atoms with Crippen molar-refractivity contribution in [1.29, 1.82) is 0 Å². The number of hydrogen-bond acceptors (Lipinski definition) is 5. The van der Waals surface area contributed by atoms with E-state index in [1.807, 2.05) is 0 Å². The normalized spacial score (nSPS) is 18.4. The van der Waals surface area contributed by atoms with Crippen LogP contribution in [-0.2, 0) is 19.5 Å². The van der Waals surface area contributed by atoms with E-state index >= 15 is 0 Å². The Morgan fingerprint density at radius 3 is 3.05 bits per heavy atom. The SMILES string of the molecule is CC1Cc2ccccc2N(Cc2noc(CN)n2)C1. The second-order valence-corrected chi connectivity index (χ2v) is 5.13. The molecule has 2 heterocycles. The van der Waals surface area contributed by atoms with Crippen LogP contribution >= 0.6 is 0 Å². The molecule has 5 nitrogen and oxygen atoms in total. The molecule has 0 radical (unpaired) electrons. The minimum absolute atomic E-state index is 0.292. The van der Waals surface area contributed by atoms with E-state index in [1.54, 1.807) is 0 Å². The van der Waals surface area contributed by atoms with Crippen LogP contribution in [0.5, 0.6) is 0 Å². The van der Waals surface area contributed by atoms with E-state index in [4.69, 9.17) is 10.3 Å². The van der Waals surface area contributed by atoms with Gasteiger partial charge in [-0.15, -0.1) is 0 Å². The Labute approximate surface area is 112 Å². The summed E-state index contributed by atoms with van der Waals surface area (Å²) in [4.78, 5) is 6.59. The Morgan fingerprint density at radius 2 is 2.26 bits per heavy atom. The molecule has 0 spiro atoms. The molecule has 1 aliphatic rings. The largest absolute Gasteiger partial charge is 0.363 e. The Bertz CT molecular complexity index is 566. The first-order valence-electron chi connectivity index (χ1n) is 6.60. The molecule has 0 saturated heterocycles. The van der Waals surface area contributed by atoms with Gasteiger partial charge in [0, 0.05) is 12.2 Å². The average Bonchev–Trinajstić information content (AvgIpc) is 2.86. The van der Waals surface area contributed by atoms with Crippen LogP contribution in [0.4, 0.5) is 5.69 Å². The maximum atomic E-state index is 5.49. The highest BCUT2D eigenvalue weighted by molar-refractivity contribution is 5.55. The maximum Gasteiger partial charge on any atom is 0.240 e. The summed E-state index contributed by atoms with van der Waals surface area (Å²) >= 11 is 0. The average molecular weight is 258 g/mol. The van der Waals surface area contributed by atoms with Crippen molar-refractivity contribution in [2.45, 2.75) is 26.4 Å². The van der Waals surface area contributed by atoms with Crippen LogP contribution in [0.1, 0.15) is 24.2 Å². The van der Waals surface area contributed by atoms with E-state index < -0.39 is 0 Å². The van der Waals surface area contributed by atoms with E-state index in [-0.39, 0.29) is 0 Å². The molecule has 1 unspecified atom stereocenters. The van der Waals surface area contributed by atoms with Gasteiger partial charge in [0.25, 0.3) is 0 Å². The van der Waals surface area contributed by atoms with Crippen molar-refractivity contribution in [2.75, 3.05) is 11.4 Å². The highest BCUT2D eigenvalue weighted by Gasteiger charge is 2.22. The first-order chi connectivity index (χ1) is 9.26. The fraction of sp³-hybridized carbons (Fsp3) is 0.429. The van der Waals surface area contributed by atoms with Gasteiger partial charge >= 0.3 is 0 Å². The lowest BCUT2D eigenvalue weighted by molar-refractivity contribution is 0.373. The number of aromatic nitrogens is 2. The topological polar surface area (TPSA) is 68.2 Å². The number of benzene rings is 1. The second-order valence-electron chi connectivity index (χ2n) is 5.13. The van der Waals surface area contributed by atoms with Crippen LogP contribution in [0.3, 0.4) is 0 Å². The van der Waals surface area contributed by atoms with Gasteiger partial charge in [-0.2, -0.15) is 4.98 Å². The molecule has 100 valence electrons. The van der Waals surface area contributed by atoms with Crippen molar-refractivity contribution in [2.24, 2.45) is 11.7 Å². The van der Waals surface area contributed by atoms with Crippen molar-refractivity contribution in [3.05, 3.63) is 41.5 Å². The zero-order valence-corrected chi connectivity index (χ0v) is 11.0. The minimum Gasteiger partial charge on any atom is -0.363 e. The molecule has 3 rings (SSSR count). The summed E-state index contributed by atoms with van der Waals surface area (Å²) in [6.45, 7) is 4.25. The molecule has 5 heteroatoms. The Kier molecular flexibility index (Phi) is 3.21. The lowest BCUT2D eigenvalue weighted by Gasteiger charge is -2.33. The van der Waals surface area contributed by atoms with E-state index in [9.17, 15) is 0 Å². The van der Waals surface area contributed by atoms with Crippen LogP contribution in [0.2, 0.25) is 0 Å². The van der Waals surface area contributed by atoms with Crippen LogP contribution in [0.25, 0.3) is 0 Å². The summed E-state index contributed by atoms with van der Waals surface area (Å²) in [6, 6.07) is 8.52. The van der Waals surface area contributed by atoms with Crippen LogP contribution in [0, 0.1) is 5.92 Å². The number of para-hydroxylation sites is 1. The summed E-state index contributed by atoms with van der Waals surface area (Å²) in [5.41, 5.74) is 8.15. The molecule has 0 fully saturated rings. The van der Waals surface area contributed by atoms with Crippen molar-refractivity contribution < 1.29 is 4.52 Å². The van der Waals surface area contributed by atoms with E-state index in [0.29, 0.717) is 30.7 Å². The first kappa shape index (κ1) is 12.2. The number of nitrogens with zero attached hydrogens (tertiary/aromatic N) is 3. The van der Waals surface area contributed by atoms with E-state index in [2.05, 4.69) is 46.2 Å². The summed E-state index contributed by atoms with van der Waals surface area (Å²) in [5.74, 6) is 1.83. The molecule has 1 aromatic carbocycles. The van der Waals surface area contributed by atoms with Crippen molar-refractivity contribution in [3.63, 3.8) is 0 Å². The van der Waals surface area contributed by atoms with Gasteiger partial charge in [-0.25, -0.2) is 0 Å². The van der Waals surface area contributed by atoms with Crippen LogP contribution in [0.15, 0.2) is 28.8 Å². The quantitative estimate of drug-likeness (QED) is 0.908. The molecule has 0 bridgehead atoms. The predicted octanol–water partition coefficient (Wildman–Crippen LogP) is 1.73. The fourth-order valence-electron chi connectivity index (χ4n) is 2.66. The third-order valence-corrected chi connectivity index (χ3v) is 3.45. The van der Waals surface area contributed by atoms with Crippen molar-refractivity contribution in [1.82, 2.24) is 10.1 Å². The third-order valence-electron chi connectivity index (χ3n) is 3.45. The third kappa shape index (κ3) is 2.46. The standard InChI is InChI=1S/C14H18N4O/c1-10-6-11-4-2-3-5-12(11)18(8-10)9-13-16-14(7-15)19-17-13/h2-5,10H,6-9,15H2,1H3. The molecule has 19 heavy (non-hydrogen) atoms. The van der Waals surface area contributed by atoms with Gasteiger partial charge in [-0.05, 0) is 24.0 Å². The number of hydrogen-bond donors (Lipinski definition) is 1. The van der Waals surface area contributed by atoms with Gasteiger partial charge in [0.15, 0.2) is 5.82 Å². The van der Waals surface area contributed by atoms with E-state index in [0.717, 1.165) is 13.0 Å². The molecule has 0 saturated carbocycles. The van der Waals surface area contributed by atoms with Gasteiger partial charge in [0.05, 0.1) is 13.1 Å². The smallest absolute Gasteiger partial charge is 0.240 e. The van der Waals surface area contributed by atoms with E-state index in [1.165, 1.54) is 11.3 Å². The van der Waals surface area contributed by atoms with Gasteiger partial charge in [-0.3, -0.25) is 0 Å². The van der Waals surface area contributed by atoms with Gasteiger partial charge in [0.2, 0.25) is 5.89 Å². The predicted molar refractivity (Wildman–Crippen MR) is 72.5 cm³/mol. The van der Waals surface area contributed by atoms with Gasteiger partial charge < -0.3 is 15.2 Å². The Hall–Kier alpha value is -1.88. The van der Waals surface area contributed by atoms with Gasteiger partial charge in [-0.1, -0.05) is 30.3 Å². The highest BCUT2D eigenvalue weighted by atomic mass is 16.5. The molecule has 1 aliphatic heterocycles. The lowest BCUT2D eigenvalue weighted by Crippen LogP contribution is -2.34. The number of fused-ring (bicyclic) bond motifs is 1. The minimum atomic E-state index is 0.292. The highest BCUT2D eigenvalue weighted by Crippen LogP contribution is 2.30. The summed E-state index contributed by atoms with van der Waals surface area (Å²) in [6.07, 6.45) is 1.13. The second kappa shape index (κ2) is 5.01. The Balaban J connectivity index is 1.84. The maximum absolute atomic E-state index is 5.49. The lowest BCUT2D eigenvalue weighted by atomic mass is 9.94. The summed E-state index contributed by atoms with van der Waals surface area (Å²) < 4.78 is 5.06. The molecule has 0 aliphatic carbocycles. The number of nitrogens with two attached hydrogens (primary N) is 1. The van der Waals surface area contributed by atoms with Crippen LogP contribution < -0.4 is 10.6 Å². The molecular formula is C14H18N4O. The van der Waals surface area contributed by atoms with Crippen LogP contribution in [-0.4, -0.2) is 16.7 Å². The van der Waals surface area contributed by atoms with Gasteiger partial charge in [0.1, 0.15) is 0 Å². The molecule has 0 amide bonds. The monoisotopic (exact) mass is 258 g/mol. The molecule has 2 aromatic rings. The first-order valence-corrected chi connectivity index (χ1v) is 6.60. The van der Waals surface area contributed by atoms with Crippen molar-refractivity contribution >= 4 is 5.69 Å².